The van der Waals surface area contributed by atoms with Gasteiger partial charge in [-0.1, -0.05) is 12.5 Å². The highest BCUT2D eigenvalue weighted by molar-refractivity contribution is 5.92. The van der Waals surface area contributed by atoms with Crippen molar-refractivity contribution in [2.24, 2.45) is 11.8 Å². The molecule has 2 fully saturated rings. The van der Waals surface area contributed by atoms with Crippen LogP contribution in [0.1, 0.15) is 31.2 Å². The molecular weight excluding hydrogens is 266 g/mol. The zero-order valence-corrected chi connectivity index (χ0v) is 11.9. The number of amides is 1. The summed E-state index contributed by atoms with van der Waals surface area (Å²) in [6.07, 6.45) is 8.53. The number of rotatable bonds is 3. The highest BCUT2D eigenvalue weighted by atomic mass is 16.7. The number of carbonyl (C=O) groups excluding carboxylic acids is 1. The Labute approximate surface area is 124 Å². The second-order valence-corrected chi connectivity index (χ2v) is 6.24. The van der Waals surface area contributed by atoms with Crippen LogP contribution < -0.4 is 14.8 Å². The van der Waals surface area contributed by atoms with Gasteiger partial charge < -0.3 is 14.8 Å². The first-order valence-electron chi connectivity index (χ1n) is 7.66. The quantitative estimate of drug-likeness (QED) is 0.869. The van der Waals surface area contributed by atoms with Crippen molar-refractivity contribution in [1.82, 2.24) is 5.32 Å². The molecule has 4 heteroatoms. The summed E-state index contributed by atoms with van der Waals surface area (Å²) in [7, 11) is 0. The fourth-order valence-electron chi connectivity index (χ4n) is 3.84. The van der Waals surface area contributed by atoms with Crippen LogP contribution in [-0.4, -0.2) is 18.7 Å². The zero-order valence-electron chi connectivity index (χ0n) is 11.9. The highest BCUT2D eigenvalue weighted by Crippen LogP contribution is 2.44. The third kappa shape index (κ3) is 2.50. The van der Waals surface area contributed by atoms with Crippen LogP contribution in [0.3, 0.4) is 0 Å². The first kappa shape index (κ1) is 12.7. The number of carbonyl (C=O) groups is 1. The third-order valence-electron chi connectivity index (χ3n) is 4.89. The van der Waals surface area contributed by atoms with Crippen molar-refractivity contribution in [3.05, 3.63) is 29.8 Å². The lowest BCUT2D eigenvalue weighted by atomic mass is 9.95. The Morgan fingerprint density at radius 1 is 1.19 bits per heavy atom. The maximum atomic E-state index is 12.0. The van der Waals surface area contributed by atoms with Crippen molar-refractivity contribution in [2.45, 2.75) is 31.7 Å². The van der Waals surface area contributed by atoms with Gasteiger partial charge in [0, 0.05) is 12.1 Å². The summed E-state index contributed by atoms with van der Waals surface area (Å²) < 4.78 is 10.6. The van der Waals surface area contributed by atoms with E-state index in [1.165, 1.54) is 19.3 Å². The second-order valence-electron chi connectivity index (χ2n) is 6.24. The monoisotopic (exact) mass is 285 g/mol. The van der Waals surface area contributed by atoms with Crippen LogP contribution >= 0.6 is 0 Å². The number of hydrogen-bond donors (Lipinski definition) is 1. The molecular formula is C17H19NO3. The summed E-state index contributed by atoms with van der Waals surface area (Å²) in [6.45, 7) is 0.271. The molecule has 1 aliphatic heterocycles. The van der Waals surface area contributed by atoms with Crippen molar-refractivity contribution in [3.63, 3.8) is 0 Å². The number of fused-ring (bicyclic) bond motifs is 3. The molecule has 1 amide bonds. The van der Waals surface area contributed by atoms with Gasteiger partial charge in [-0.3, -0.25) is 4.79 Å². The van der Waals surface area contributed by atoms with E-state index in [0.717, 1.165) is 29.4 Å². The van der Waals surface area contributed by atoms with Gasteiger partial charge in [-0.2, -0.15) is 0 Å². The van der Waals surface area contributed by atoms with Gasteiger partial charge in [0.1, 0.15) is 0 Å². The smallest absolute Gasteiger partial charge is 0.244 e. The van der Waals surface area contributed by atoms with E-state index in [0.29, 0.717) is 12.0 Å². The molecule has 110 valence electrons. The van der Waals surface area contributed by atoms with Gasteiger partial charge in [0.25, 0.3) is 0 Å². The van der Waals surface area contributed by atoms with Crippen LogP contribution in [0.2, 0.25) is 0 Å². The number of benzene rings is 1. The summed E-state index contributed by atoms with van der Waals surface area (Å²) in [5, 5.41) is 3.15. The number of nitrogens with one attached hydrogen (secondary N) is 1. The first-order chi connectivity index (χ1) is 10.3. The minimum absolute atomic E-state index is 0.00483. The van der Waals surface area contributed by atoms with Crippen LogP contribution in [0, 0.1) is 11.8 Å². The van der Waals surface area contributed by atoms with E-state index in [2.05, 4.69) is 5.32 Å². The van der Waals surface area contributed by atoms with E-state index >= 15 is 0 Å². The lowest BCUT2D eigenvalue weighted by Crippen LogP contribution is -2.37. The van der Waals surface area contributed by atoms with Gasteiger partial charge >= 0.3 is 0 Å². The predicted octanol–water partition coefficient (Wildman–Crippen LogP) is 2.73. The molecule has 1 N–H and O–H groups in total. The van der Waals surface area contributed by atoms with E-state index in [-0.39, 0.29) is 12.7 Å². The summed E-state index contributed by atoms with van der Waals surface area (Å²) in [5.41, 5.74) is 0.947. The largest absolute Gasteiger partial charge is 0.454 e. The van der Waals surface area contributed by atoms with E-state index in [1.54, 1.807) is 6.08 Å². The molecule has 3 atom stereocenters. The maximum absolute atomic E-state index is 12.0. The molecule has 1 aromatic rings. The van der Waals surface area contributed by atoms with Gasteiger partial charge in [0.15, 0.2) is 11.5 Å². The van der Waals surface area contributed by atoms with Gasteiger partial charge in [-0.15, -0.1) is 0 Å². The van der Waals surface area contributed by atoms with Crippen molar-refractivity contribution in [2.75, 3.05) is 6.79 Å². The molecule has 4 nitrogen and oxygen atoms in total. The summed E-state index contributed by atoms with van der Waals surface area (Å²) in [5.74, 6) is 3.06. The van der Waals surface area contributed by atoms with Crippen LogP contribution in [-0.2, 0) is 4.79 Å². The standard InChI is InChI=1S/C17H19NO3/c19-17(18-14-8-12-1-4-13(14)7-12)6-3-11-2-5-15-16(9-11)21-10-20-15/h2-3,5-6,9,12-14H,1,4,7-8,10H2,(H,18,19)/b6-3+/t12-,13+,14+/m0/s1. The molecule has 1 aromatic carbocycles. The van der Waals surface area contributed by atoms with Gasteiger partial charge in [-0.05, 0) is 54.9 Å². The maximum Gasteiger partial charge on any atom is 0.244 e. The molecule has 0 spiro atoms. The first-order valence-corrected chi connectivity index (χ1v) is 7.66. The average molecular weight is 285 g/mol. The van der Waals surface area contributed by atoms with Crippen molar-refractivity contribution < 1.29 is 14.3 Å². The van der Waals surface area contributed by atoms with Gasteiger partial charge in [-0.25, -0.2) is 0 Å². The Kier molecular flexibility index (Phi) is 3.09. The fourth-order valence-corrected chi connectivity index (χ4v) is 3.84. The van der Waals surface area contributed by atoms with Crippen LogP contribution in [0.4, 0.5) is 0 Å². The molecule has 2 aliphatic carbocycles. The van der Waals surface area contributed by atoms with Crippen molar-refractivity contribution in [3.8, 4) is 11.5 Å². The van der Waals surface area contributed by atoms with Crippen LogP contribution in [0.5, 0.6) is 11.5 Å². The number of hydrogen-bond acceptors (Lipinski definition) is 3. The molecule has 21 heavy (non-hydrogen) atoms. The lowest BCUT2D eigenvalue weighted by molar-refractivity contribution is -0.117. The SMILES string of the molecule is O=C(/C=C/c1ccc2c(c1)OCO2)N[C@@H]1C[C@H]2CC[C@@H]1C2. The fraction of sp³-hybridized carbons (Fsp3) is 0.471. The third-order valence-corrected chi connectivity index (χ3v) is 4.89. The topological polar surface area (TPSA) is 47.6 Å². The average Bonchev–Trinajstić information content (AvgIpc) is 3.20. The minimum Gasteiger partial charge on any atom is -0.454 e. The second kappa shape index (κ2) is 5.10. The number of ether oxygens (including phenoxy) is 2. The summed E-state index contributed by atoms with van der Waals surface area (Å²) in [4.78, 5) is 12.0. The molecule has 1 heterocycles. The minimum atomic E-state index is 0.00483. The Morgan fingerprint density at radius 3 is 2.90 bits per heavy atom. The molecule has 2 bridgehead atoms. The van der Waals surface area contributed by atoms with E-state index in [1.807, 2.05) is 24.3 Å². The zero-order chi connectivity index (χ0) is 14.2. The summed E-state index contributed by atoms with van der Waals surface area (Å²) in [6, 6.07) is 6.08. The molecule has 0 unspecified atom stereocenters. The predicted molar refractivity (Wildman–Crippen MR) is 79.0 cm³/mol. The van der Waals surface area contributed by atoms with E-state index < -0.39 is 0 Å². The Bertz CT molecular complexity index is 596. The molecule has 0 saturated heterocycles. The molecule has 2 saturated carbocycles. The van der Waals surface area contributed by atoms with Gasteiger partial charge in [0.05, 0.1) is 0 Å². The summed E-state index contributed by atoms with van der Waals surface area (Å²) >= 11 is 0. The van der Waals surface area contributed by atoms with Gasteiger partial charge in [0.2, 0.25) is 12.7 Å². The van der Waals surface area contributed by atoms with Crippen molar-refractivity contribution in [1.29, 1.82) is 0 Å². The molecule has 3 aliphatic rings. The van der Waals surface area contributed by atoms with E-state index in [4.69, 9.17) is 9.47 Å². The van der Waals surface area contributed by atoms with E-state index in [9.17, 15) is 4.79 Å². The molecule has 0 aromatic heterocycles. The lowest BCUT2D eigenvalue weighted by Gasteiger charge is -2.22. The highest BCUT2D eigenvalue weighted by Gasteiger charge is 2.39. The Hall–Kier alpha value is -1.97. The van der Waals surface area contributed by atoms with Crippen LogP contribution in [0.25, 0.3) is 6.08 Å². The molecule has 0 radical (unpaired) electrons. The Morgan fingerprint density at radius 2 is 2.10 bits per heavy atom. The Balaban J connectivity index is 1.37. The normalized spacial score (nSPS) is 29.2. The van der Waals surface area contributed by atoms with Crippen LogP contribution in [0.15, 0.2) is 24.3 Å². The molecule has 4 rings (SSSR count). The van der Waals surface area contributed by atoms with Crippen molar-refractivity contribution >= 4 is 12.0 Å².